The number of rotatable bonds is 3. The lowest BCUT2D eigenvalue weighted by atomic mass is 10.0. The summed E-state index contributed by atoms with van der Waals surface area (Å²) in [6, 6.07) is 8.14. The number of fused-ring (bicyclic) bond motifs is 1. The van der Waals surface area contributed by atoms with Crippen LogP contribution in [0.3, 0.4) is 0 Å². The topological polar surface area (TPSA) is 78.9 Å². The SMILES string of the molecule is COC(=O)c1cc(OC(C)=O)c2ccccc2c1OC(C)=O. The molecule has 2 aromatic rings. The number of carbonyl (C=O) groups excluding carboxylic acids is 3. The lowest BCUT2D eigenvalue weighted by Crippen LogP contribution is -2.11. The largest absolute Gasteiger partial charge is 0.465 e. The average Bonchev–Trinajstić information content (AvgIpc) is 2.47. The molecule has 2 aromatic carbocycles. The van der Waals surface area contributed by atoms with Gasteiger partial charge in [0.25, 0.3) is 0 Å². The molecular weight excluding hydrogens is 288 g/mol. The Bertz CT molecular complexity index is 763. The summed E-state index contributed by atoms with van der Waals surface area (Å²) in [4.78, 5) is 34.5. The monoisotopic (exact) mass is 302 g/mol. The maximum absolute atomic E-state index is 11.9. The molecule has 6 nitrogen and oxygen atoms in total. The second kappa shape index (κ2) is 6.26. The first-order valence-corrected chi connectivity index (χ1v) is 6.45. The fraction of sp³-hybridized carbons (Fsp3) is 0.188. The van der Waals surface area contributed by atoms with Crippen LogP contribution in [0.15, 0.2) is 30.3 Å². The molecule has 0 aliphatic heterocycles. The minimum Gasteiger partial charge on any atom is -0.465 e. The second-order valence-electron chi connectivity index (χ2n) is 4.48. The summed E-state index contributed by atoms with van der Waals surface area (Å²) in [7, 11) is 1.21. The van der Waals surface area contributed by atoms with Gasteiger partial charge in [-0.15, -0.1) is 0 Å². The number of hydrogen-bond donors (Lipinski definition) is 0. The van der Waals surface area contributed by atoms with Gasteiger partial charge in [-0.1, -0.05) is 24.3 Å². The van der Waals surface area contributed by atoms with Crippen molar-refractivity contribution >= 4 is 28.7 Å². The highest BCUT2D eigenvalue weighted by Gasteiger charge is 2.21. The molecule has 6 heteroatoms. The van der Waals surface area contributed by atoms with Gasteiger partial charge in [0.1, 0.15) is 11.3 Å². The van der Waals surface area contributed by atoms with Crippen LogP contribution in [0.2, 0.25) is 0 Å². The zero-order valence-corrected chi connectivity index (χ0v) is 12.3. The third kappa shape index (κ3) is 3.06. The maximum Gasteiger partial charge on any atom is 0.341 e. The van der Waals surface area contributed by atoms with E-state index in [2.05, 4.69) is 0 Å². The van der Waals surface area contributed by atoms with E-state index in [0.717, 1.165) is 0 Å². The first-order valence-electron chi connectivity index (χ1n) is 6.45. The van der Waals surface area contributed by atoms with Crippen LogP contribution >= 0.6 is 0 Å². The van der Waals surface area contributed by atoms with E-state index in [1.807, 2.05) is 0 Å². The minimum atomic E-state index is -0.699. The Morgan fingerprint density at radius 2 is 1.50 bits per heavy atom. The van der Waals surface area contributed by atoms with Gasteiger partial charge in [0.15, 0.2) is 5.75 Å². The van der Waals surface area contributed by atoms with Crippen LogP contribution in [0.25, 0.3) is 10.8 Å². The Morgan fingerprint density at radius 1 is 0.909 bits per heavy atom. The van der Waals surface area contributed by atoms with Crippen LogP contribution in [0, 0.1) is 0 Å². The van der Waals surface area contributed by atoms with Crippen molar-refractivity contribution < 1.29 is 28.6 Å². The summed E-state index contributed by atoms with van der Waals surface area (Å²) < 4.78 is 15.0. The summed E-state index contributed by atoms with van der Waals surface area (Å²) in [6.45, 7) is 2.49. The molecule has 114 valence electrons. The Balaban J connectivity index is 2.80. The molecule has 0 saturated carbocycles. The summed E-state index contributed by atoms with van der Waals surface area (Å²) in [5, 5.41) is 1.01. The third-order valence-electron chi connectivity index (χ3n) is 2.86. The van der Waals surface area contributed by atoms with E-state index in [4.69, 9.17) is 14.2 Å². The van der Waals surface area contributed by atoms with Crippen molar-refractivity contribution in [2.24, 2.45) is 0 Å². The highest BCUT2D eigenvalue weighted by atomic mass is 16.5. The Kier molecular flexibility index (Phi) is 4.41. The molecule has 0 radical (unpaired) electrons. The van der Waals surface area contributed by atoms with E-state index < -0.39 is 17.9 Å². The van der Waals surface area contributed by atoms with Crippen molar-refractivity contribution in [2.45, 2.75) is 13.8 Å². The van der Waals surface area contributed by atoms with Crippen molar-refractivity contribution in [3.05, 3.63) is 35.9 Å². The zero-order chi connectivity index (χ0) is 16.3. The zero-order valence-electron chi connectivity index (χ0n) is 12.3. The third-order valence-corrected chi connectivity index (χ3v) is 2.86. The molecule has 0 spiro atoms. The van der Waals surface area contributed by atoms with Crippen molar-refractivity contribution in [3.63, 3.8) is 0 Å². The van der Waals surface area contributed by atoms with Crippen molar-refractivity contribution in [1.82, 2.24) is 0 Å². The summed E-state index contributed by atoms with van der Waals surface area (Å²) in [5.74, 6) is -1.53. The maximum atomic E-state index is 11.9. The van der Waals surface area contributed by atoms with Gasteiger partial charge in [-0.3, -0.25) is 9.59 Å². The first kappa shape index (κ1) is 15.5. The number of hydrogen-bond acceptors (Lipinski definition) is 6. The molecule has 0 aliphatic carbocycles. The number of ether oxygens (including phenoxy) is 3. The Hall–Kier alpha value is -2.89. The Labute approximate surface area is 126 Å². The highest BCUT2D eigenvalue weighted by Crippen LogP contribution is 2.37. The molecule has 0 saturated heterocycles. The van der Waals surface area contributed by atoms with Gasteiger partial charge in [0, 0.05) is 24.6 Å². The molecular formula is C16H14O6. The van der Waals surface area contributed by atoms with Gasteiger partial charge in [-0.2, -0.15) is 0 Å². The smallest absolute Gasteiger partial charge is 0.341 e. The molecule has 22 heavy (non-hydrogen) atoms. The predicted octanol–water partition coefficient (Wildman–Crippen LogP) is 2.48. The number of esters is 3. The average molecular weight is 302 g/mol. The van der Waals surface area contributed by atoms with E-state index in [9.17, 15) is 14.4 Å². The van der Waals surface area contributed by atoms with E-state index in [1.54, 1.807) is 24.3 Å². The van der Waals surface area contributed by atoms with Gasteiger partial charge >= 0.3 is 17.9 Å². The van der Waals surface area contributed by atoms with Crippen molar-refractivity contribution in [3.8, 4) is 11.5 Å². The fourth-order valence-electron chi connectivity index (χ4n) is 2.07. The van der Waals surface area contributed by atoms with Crippen LogP contribution in [0.5, 0.6) is 11.5 Å². The minimum absolute atomic E-state index is 0.00708. The molecule has 0 amide bonds. The van der Waals surface area contributed by atoms with Crippen LogP contribution in [0.1, 0.15) is 24.2 Å². The van der Waals surface area contributed by atoms with Gasteiger partial charge in [0.2, 0.25) is 0 Å². The molecule has 0 aliphatic rings. The van der Waals surface area contributed by atoms with Gasteiger partial charge in [-0.25, -0.2) is 4.79 Å². The quantitative estimate of drug-likeness (QED) is 0.640. The summed E-state index contributed by atoms with van der Waals surface area (Å²) in [6.07, 6.45) is 0. The molecule has 0 fully saturated rings. The molecule has 2 rings (SSSR count). The van der Waals surface area contributed by atoms with Crippen LogP contribution < -0.4 is 9.47 Å². The molecule has 0 aromatic heterocycles. The van der Waals surface area contributed by atoms with E-state index >= 15 is 0 Å². The Morgan fingerprint density at radius 3 is 2.05 bits per heavy atom. The normalized spacial score (nSPS) is 10.1. The fourth-order valence-corrected chi connectivity index (χ4v) is 2.07. The molecule has 0 atom stereocenters. The standard InChI is InChI=1S/C16H14O6/c1-9(17)21-14-8-13(16(19)20-3)15(22-10(2)18)12-7-5-4-6-11(12)14/h4-8H,1-3H3. The molecule has 0 unspecified atom stereocenters. The lowest BCUT2D eigenvalue weighted by molar-refractivity contribution is -0.132. The van der Waals surface area contributed by atoms with Gasteiger partial charge in [0.05, 0.1) is 7.11 Å². The predicted molar refractivity (Wildman–Crippen MR) is 77.9 cm³/mol. The number of benzene rings is 2. The van der Waals surface area contributed by atoms with Crippen LogP contribution in [0.4, 0.5) is 0 Å². The summed E-state index contributed by atoms with van der Waals surface area (Å²) in [5.41, 5.74) is 0.00708. The van der Waals surface area contributed by atoms with Crippen LogP contribution in [-0.2, 0) is 14.3 Å². The number of methoxy groups -OCH3 is 1. The second-order valence-corrected chi connectivity index (χ2v) is 4.48. The number of carbonyl (C=O) groups is 3. The van der Waals surface area contributed by atoms with Crippen molar-refractivity contribution in [2.75, 3.05) is 7.11 Å². The van der Waals surface area contributed by atoms with E-state index in [1.165, 1.54) is 27.0 Å². The van der Waals surface area contributed by atoms with Gasteiger partial charge < -0.3 is 14.2 Å². The lowest BCUT2D eigenvalue weighted by Gasteiger charge is -2.14. The molecule has 0 N–H and O–H groups in total. The van der Waals surface area contributed by atoms with Crippen molar-refractivity contribution in [1.29, 1.82) is 0 Å². The van der Waals surface area contributed by atoms with Gasteiger partial charge in [-0.05, 0) is 6.07 Å². The van der Waals surface area contributed by atoms with E-state index in [-0.39, 0.29) is 17.1 Å². The first-order chi connectivity index (χ1) is 10.4. The van der Waals surface area contributed by atoms with Crippen LogP contribution in [-0.4, -0.2) is 25.0 Å². The highest BCUT2D eigenvalue weighted by molar-refractivity contribution is 6.05. The molecule has 0 bridgehead atoms. The summed E-state index contributed by atoms with van der Waals surface area (Å²) >= 11 is 0. The molecule has 0 heterocycles. The van der Waals surface area contributed by atoms with E-state index in [0.29, 0.717) is 10.8 Å².